The minimum absolute atomic E-state index is 0.0143. The van der Waals surface area contributed by atoms with Crippen LogP contribution in [0.2, 0.25) is 0 Å². The number of methoxy groups -OCH3 is 2. The van der Waals surface area contributed by atoms with Gasteiger partial charge >= 0.3 is 5.97 Å². The SMILES string of the molecule is COc1ccc(CNC(=O)COC(=O)C2(c3ccccc3)CCN(C(C)=O)CC2)cc1OC. The summed E-state index contributed by atoms with van der Waals surface area (Å²) in [6, 6.07) is 14.8. The molecule has 0 bridgehead atoms. The lowest BCUT2D eigenvalue weighted by atomic mass is 9.72. The van der Waals surface area contributed by atoms with Crippen LogP contribution in [0.4, 0.5) is 0 Å². The van der Waals surface area contributed by atoms with Crippen molar-refractivity contribution in [3.8, 4) is 11.5 Å². The van der Waals surface area contributed by atoms with Crippen molar-refractivity contribution < 1.29 is 28.6 Å². The Morgan fingerprint density at radius 2 is 1.64 bits per heavy atom. The molecule has 1 aliphatic rings. The first-order valence-corrected chi connectivity index (χ1v) is 10.9. The zero-order chi connectivity index (χ0) is 23.8. The second-order valence-corrected chi connectivity index (χ2v) is 8.00. The largest absolute Gasteiger partial charge is 0.493 e. The van der Waals surface area contributed by atoms with Gasteiger partial charge in [-0.25, -0.2) is 0 Å². The molecule has 176 valence electrons. The standard InChI is InChI=1S/C25H30N2O6/c1-18(28)27-13-11-25(12-14-27,20-7-5-4-6-8-20)24(30)33-17-23(29)26-16-19-9-10-21(31-2)22(15-19)32-3/h4-10,15H,11-14,16-17H2,1-3H3,(H,26,29). The van der Waals surface area contributed by atoms with Crippen molar-refractivity contribution in [2.75, 3.05) is 33.9 Å². The number of carbonyl (C=O) groups is 3. The Bertz CT molecular complexity index is 984. The fourth-order valence-corrected chi connectivity index (χ4v) is 4.08. The predicted molar refractivity (Wildman–Crippen MR) is 122 cm³/mol. The molecular formula is C25H30N2O6. The van der Waals surface area contributed by atoms with E-state index in [2.05, 4.69) is 5.32 Å². The van der Waals surface area contributed by atoms with Gasteiger partial charge in [0.1, 0.15) is 0 Å². The zero-order valence-corrected chi connectivity index (χ0v) is 19.3. The molecule has 2 aromatic carbocycles. The van der Waals surface area contributed by atoms with Gasteiger partial charge in [0.2, 0.25) is 5.91 Å². The number of rotatable bonds is 8. The molecule has 8 nitrogen and oxygen atoms in total. The summed E-state index contributed by atoms with van der Waals surface area (Å²) in [5, 5.41) is 2.75. The van der Waals surface area contributed by atoms with Crippen molar-refractivity contribution in [2.24, 2.45) is 0 Å². The van der Waals surface area contributed by atoms with Crippen LogP contribution < -0.4 is 14.8 Å². The van der Waals surface area contributed by atoms with Gasteiger partial charge in [-0.05, 0) is 36.1 Å². The highest BCUT2D eigenvalue weighted by Crippen LogP contribution is 2.37. The maximum atomic E-state index is 13.2. The normalized spacial score (nSPS) is 14.8. The Labute approximate surface area is 193 Å². The minimum atomic E-state index is -0.878. The molecular weight excluding hydrogens is 424 g/mol. The van der Waals surface area contributed by atoms with E-state index in [4.69, 9.17) is 14.2 Å². The van der Waals surface area contributed by atoms with Crippen LogP contribution in [0, 0.1) is 0 Å². The summed E-state index contributed by atoms with van der Waals surface area (Å²) in [6.07, 6.45) is 0.894. The van der Waals surface area contributed by atoms with E-state index in [1.54, 1.807) is 31.3 Å². The lowest BCUT2D eigenvalue weighted by Crippen LogP contribution is -2.49. The Balaban J connectivity index is 1.61. The average Bonchev–Trinajstić information content (AvgIpc) is 2.86. The number of ether oxygens (including phenoxy) is 3. The van der Waals surface area contributed by atoms with Crippen LogP contribution in [0.1, 0.15) is 30.9 Å². The van der Waals surface area contributed by atoms with E-state index in [1.807, 2.05) is 36.4 Å². The smallest absolute Gasteiger partial charge is 0.317 e. The molecule has 33 heavy (non-hydrogen) atoms. The Hall–Kier alpha value is -3.55. The number of nitrogens with zero attached hydrogens (tertiary/aromatic N) is 1. The van der Waals surface area contributed by atoms with E-state index in [-0.39, 0.29) is 19.1 Å². The molecule has 0 aliphatic carbocycles. The lowest BCUT2D eigenvalue weighted by molar-refractivity contribution is -0.157. The molecule has 1 N–H and O–H groups in total. The van der Waals surface area contributed by atoms with E-state index in [9.17, 15) is 14.4 Å². The van der Waals surface area contributed by atoms with E-state index in [0.29, 0.717) is 37.4 Å². The van der Waals surface area contributed by atoms with Gasteiger partial charge in [-0.1, -0.05) is 36.4 Å². The van der Waals surface area contributed by atoms with Gasteiger partial charge in [0.25, 0.3) is 5.91 Å². The highest BCUT2D eigenvalue weighted by Gasteiger charge is 2.44. The third kappa shape index (κ3) is 5.63. The molecule has 0 spiro atoms. The molecule has 1 heterocycles. The van der Waals surface area contributed by atoms with Gasteiger partial charge in [-0.3, -0.25) is 14.4 Å². The molecule has 0 atom stereocenters. The number of likely N-dealkylation sites (tertiary alicyclic amines) is 1. The van der Waals surface area contributed by atoms with Crippen molar-refractivity contribution in [1.82, 2.24) is 10.2 Å². The van der Waals surface area contributed by atoms with Gasteiger partial charge < -0.3 is 24.4 Å². The van der Waals surface area contributed by atoms with Gasteiger partial charge in [0, 0.05) is 26.6 Å². The molecule has 0 saturated carbocycles. The van der Waals surface area contributed by atoms with Crippen molar-refractivity contribution in [3.05, 3.63) is 59.7 Å². The summed E-state index contributed by atoms with van der Waals surface area (Å²) in [7, 11) is 3.10. The van der Waals surface area contributed by atoms with E-state index in [0.717, 1.165) is 11.1 Å². The minimum Gasteiger partial charge on any atom is -0.493 e. The molecule has 0 unspecified atom stereocenters. The van der Waals surface area contributed by atoms with Gasteiger partial charge in [0.15, 0.2) is 18.1 Å². The number of hydrogen-bond donors (Lipinski definition) is 1. The van der Waals surface area contributed by atoms with Crippen LogP contribution in [0.5, 0.6) is 11.5 Å². The number of hydrogen-bond acceptors (Lipinski definition) is 6. The second-order valence-electron chi connectivity index (χ2n) is 8.00. The number of esters is 1. The van der Waals surface area contributed by atoms with Crippen LogP contribution >= 0.6 is 0 Å². The predicted octanol–water partition coefficient (Wildman–Crippen LogP) is 2.44. The van der Waals surface area contributed by atoms with Crippen molar-refractivity contribution >= 4 is 17.8 Å². The Morgan fingerprint density at radius 3 is 2.24 bits per heavy atom. The van der Waals surface area contributed by atoms with Gasteiger partial charge in [0.05, 0.1) is 19.6 Å². The van der Waals surface area contributed by atoms with Crippen LogP contribution in [0.15, 0.2) is 48.5 Å². The summed E-state index contributed by atoms with van der Waals surface area (Å²) in [5.41, 5.74) is 0.783. The van der Waals surface area contributed by atoms with Crippen LogP contribution in [-0.4, -0.2) is 56.6 Å². The molecule has 0 radical (unpaired) electrons. The molecule has 1 fully saturated rings. The van der Waals surface area contributed by atoms with Crippen LogP contribution in [-0.2, 0) is 31.1 Å². The zero-order valence-electron chi connectivity index (χ0n) is 19.3. The first-order chi connectivity index (χ1) is 15.9. The summed E-state index contributed by atoms with van der Waals surface area (Å²) in [5.74, 6) is 0.307. The first-order valence-electron chi connectivity index (χ1n) is 10.9. The fourth-order valence-electron chi connectivity index (χ4n) is 4.08. The molecule has 0 aromatic heterocycles. The Morgan fingerprint density at radius 1 is 0.970 bits per heavy atom. The van der Waals surface area contributed by atoms with Crippen LogP contribution in [0.25, 0.3) is 0 Å². The highest BCUT2D eigenvalue weighted by atomic mass is 16.5. The van der Waals surface area contributed by atoms with Crippen molar-refractivity contribution in [2.45, 2.75) is 31.7 Å². The number of amides is 2. The third-order valence-corrected chi connectivity index (χ3v) is 6.05. The molecule has 3 rings (SSSR count). The number of nitrogens with one attached hydrogen (secondary N) is 1. The monoisotopic (exact) mass is 454 g/mol. The van der Waals surface area contributed by atoms with Gasteiger partial charge in [-0.2, -0.15) is 0 Å². The maximum absolute atomic E-state index is 13.2. The Kier molecular flexibility index (Phi) is 7.92. The molecule has 2 amide bonds. The molecule has 2 aromatic rings. The van der Waals surface area contributed by atoms with Gasteiger partial charge in [-0.15, -0.1) is 0 Å². The van der Waals surface area contributed by atoms with E-state index in [1.165, 1.54) is 6.92 Å². The summed E-state index contributed by atoms with van der Waals surface area (Å²) in [4.78, 5) is 39.0. The van der Waals surface area contributed by atoms with Crippen molar-refractivity contribution in [1.29, 1.82) is 0 Å². The average molecular weight is 455 g/mol. The number of benzene rings is 2. The maximum Gasteiger partial charge on any atom is 0.317 e. The van der Waals surface area contributed by atoms with Crippen LogP contribution in [0.3, 0.4) is 0 Å². The fraction of sp³-hybridized carbons (Fsp3) is 0.400. The number of piperidine rings is 1. The number of carbonyl (C=O) groups excluding carboxylic acids is 3. The highest BCUT2D eigenvalue weighted by molar-refractivity contribution is 5.87. The lowest BCUT2D eigenvalue weighted by Gasteiger charge is -2.40. The van der Waals surface area contributed by atoms with E-state index < -0.39 is 17.3 Å². The third-order valence-electron chi connectivity index (χ3n) is 6.05. The summed E-state index contributed by atoms with van der Waals surface area (Å²) < 4.78 is 16.0. The quantitative estimate of drug-likeness (QED) is 0.616. The molecule has 1 saturated heterocycles. The summed E-state index contributed by atoms with van der Waals surface area (Å²) in [6.45, 7) is 2.33. The second kappa shape index (κ2) is 10.8. The van der Waals surface area contributed by atoms with E-state index >= 15 is 0 Å². The summed E-state index contributed by atoms with van der Waals surface area (Å²) >= 11 is 0. The molecule has 8 heteroatoms. The first kappa shape index (κ1) is 24.1. The van der Waals surface area contributed by atoms with Crippen molar-refractivity contribution in [3.63, 3.8) is 0 Å². The molecule has 1 aliphatic heterocycles. The topological polar surface area (TPSA) is 94.2 Å².